The summed E-state index contributed by atoms with van der Waals surface area (Å²) in [4.78, 5) is 11.3. The van der Waals surface area contributed by atoms with E-state index < -0.39 is 13.7 Å². The molecule has 0 bridgehead atoms. The molecule has 0 aromatic heterocycles. The van der Waals surface area contributed by atoms with Gasteiger partial charge in [0, 0.05) is 13.7 Å². The first-order valence-electron chi connectivity index (χ1n) is 5.82. The molecule has 0 aliphatic carbocycles. The van der Waals surface area contributed by atoms with Crippen LogP contribution in [0.1, 0.15) is 34.1 Å². The van der Waals surface area contributed by atoms with Crippen molar-refractivity contribution >= 4 is 13.7 Å². The summed E-state index contributed by atoms with van der Waals surface area (Å²) in [5.74, 6) is -0.366. The van der Waals surface area contributed by atoms with Crippen LogP contribution < -0.4 is 5.09 Å². The van der Waals surface area contributed by atoms with Gasteiger partial charge in [-0.15, -0.1) is 0 Å². The second kappa shape index (κ2) is 8.29. The van der Waals surface area contributed by atoms with Crippen molar-refractivity contribution in [2.45, 2.75) is 40.2 Å². The molecular weight excluding hydrogens is 257 g/mol. The van der Waals surface area contributed by atoms with Crippen molar-refractivity contribution in [3.63, 3.8) is 0 Å². The number of allylic oxidation sites excluding steroid dienone is 1. The number of rotatable bonds is 8. The van der Waals surface area contributed by atoms with Gasteiger partial charge in [-0.3, -0.25) is 4.52 Å². The summed E-state index contributed by atoms with van der Waals surface area (Å²) < 4.78 is 26.8. The van der Waals surface area contributed by atoms with Crippen LogP contribution in [0.15, 0.2) is 11.8 Å². The van der Waals surface area contributed by atoms with E-state index in [0.29, 0.717) is 6.54 Å². The molecule has 18 heavy (non-hydrogen) atoms. The van der Waals surface area contributed by atoms with E-state index >= 15 is 0 Å². The second-order valence-corrected chi connectivity index (χ2v) is 5.78. The molecule has 0 aromatic carbocycles. The zero-order valence-electron chi connectivity index (χ0n) is 11.6. The number of hydrogen-bond acceptors (Lipinski definition) is 5. The molecule has 0 fully saturated rings. The van der Waals surface area contributed by atoms with Gasteiger partial charge in [0.2, 0.25) is 0 Å². The number of esters is 1. The average Bonchev–Trinajstić information content (AvgIpc) is 2.24. The van der Waals surface area contributed by atoms with Gasteiger partial charge in [-0.25, -0.2) is 14.4 Å². The van der Waals surface area contributed by atoms with Crippen molar-refractivity contribution in [3.8, 4) is 0 Å². The highest BCUT2D eigenvalue weighted by molar-refractivity contribution is 7.51. The Morgan fingerprint density at radius 1 is 1.44 bits per heavy atom. The molecule has 0 aromatic rings. The third-order valence-electron chi connectivity index (χ3n) is 1.73. The number of hydrogen-bond donors (Lipinski definition) is 1. The van der Waals surface area contributed by atoms with Gasteiger partial charge < -0.3 is 9.26 Å². The molecule has 0 saturated carbocycles. The summed E-state index contributed by atoms with van der Waals surface area (Å²) in [5, 5.41) is 2.66. The Kier molecular flexibility index (Phi) is 7.91. The van der Waals surface area contributed by atoms with Crippen LogP contribution in [0.4, 0.5) is 0 Å². The summed E-state index contributed by atoms with van der Waals surface area (Å²) in [7, 11) is -2.11. The van der Waals surface area contributed by atoms with Gasteiger partial charge >= 0.3 is 13.7 Å². The van der Waals surface area contributed by atoms with Gasteiger partial charge in [0.1, 0.15) is 5.76 Å². The maximum atomic E-state index is 12.0. The van der Waals surface area contributed by atoms with Gasteiger partial charge in [0.25, 0.3) is 0 Å². The second-order valence-electron chi connectivity index (χ2n) is 3.92. The predicted molar refractivity (Wildman–Crippen MR) is 69.0 cm³/mol. The fourth-order valence-electron chi connectivity index (χ4n) is 1.03. The minimum Gasteiger partial charge on any atom is -0.460 e. The van der Waals surface area contributed by atoms with E-state index in [0.717, 1.165) is 12.5 Å². The molecule has 1 unspecified atom stereocenters. The van der Waals surface area contributed by atoms with E-state index in [9.17, 15) is 9.36 Å². The first-order valence-corrected chi connectivity index (χ1v) is 7.36. The molecule has 106 valence electrons. The minimum absolute atomic E-state index is 0.175. The normalized spacial score (nSPS) is 15.3. The summed E-state index contributed by atoms with van der Waals surface area (Å²) in [6.07, 6.45) is 1.71. The van der Waals surface area contributed by atoms with E-state index in [4.69, 9.17) is 13.8 Å². The van der Waals surface area contributed by atoms with Crippen LogP contribution in [0.25, 0.3) is 0 Å². The lowest BCUT2D eigenvalue weighted by Gasteiger charge is -2.17. The lowest BCUT2D eigenvalue weighted by Crippen LogP contribution is -2.15. The van der Waals surface area contributed by atoms with E-state index in [1.807, 2.05) is 6.92 Å². The summed E-state index contributed by atoms with van der Waals surface area (Å²) in [6.45, 7) is 7.42. The summed E-state index contributed by atoms with van der Waals surface area (Å²) >= 11 is 0. The Hall–Kier alpha value is -0.840. The zero-order chi connectivity index (χ0) is 14.2. The fourth-order valence-corrected chi connectivity index (χ4v) is 2.23. The Bertz CT molecular complexity index is 340. The molecule has 0 saturated heterocycles. The Morgan fingerprint density at radius 2 is 2.06 bits per heavy atom. The third-order valence-corrected chi connectivity index (χ3v) is 3.35. The zero-order valence-corrected chi connectivity index (χ0v) is 12.5. The molecule has 1 atom stereocenters. The summed E-state index contributed by atoms with van der Waals surface area (Å²) in [5.41, 5.74) is 0. The fraction of sp³-hybridized carbons (Fsp3) is 0.727. The minimum atomic E-state index is -3.39. The Morgan fingerprint density at radius 3 is 2.50 bits per heavy atom. The van der Waals surface area contributed by atoms with Crippen LogP contribution in [0.3, 0.4) is 0 Å². The average molecular weight is 279 g/mol. The van der Waals surface area contributed by atoms with Gasteiger partial charge in [0.15, 0.2) is 0 Å². The smallest absolute Gasteiger partial charge is 0.458 e. The van der Waals surface area contributed by atoms with Crippen LogP contribution in [-0.4, -0.2) is 25.7 Å². The first-order chi connectivity index (χ1) is 8.33. The maximum Gasteiger partial charge on any atom is 0.458 e. The SMILES string of the molecule is CCCNP(=O)(OC)OC(C)=CC(=O)OC(C)C. The topological polar surface area (TPSA) is 73.9 Å². The maximum absolute atomic E-state index is 12.0. The quantitative estimate of drug-likeness (QED) is 0.318. The Labute approximate surface area is 108 Å². The van der Waals surface area contributed by atoms with Crippen LogP contribution >= 0.6 is 7.75 Å². The number of carbonyl (C=O) groups excluding carboxylic acids is 1. The Balaban J connectivity index is 4.50. The van der Waals surface area contributed by atoms with Gasteiger partial charge in [-0.2, -0.15) is 0 Å². The monoisotopic (exact) mass is 279 g/mol. The van der Waals surface area contributed by atoms with Crippen molar-refractivity contribution < 1.29 is 23.1 Å². The first kappa shape index (κ1) is 17.2. The molecule has 1 N–H and O–H groups in total. The number of carbonyl (C=O) groups is 1. The molecule has 0 rings (SSSR count). The lowest BCUT2D eigenvalue weighted by molar-refractivity contribution is -0.141. The van der Waals surface area contributed by atoms with E-state index in [1.165, 1.54) is 14.0 Å². The van der Waals surface area contributed by atoms with Crippen LogP contribution in [0.5, 0.6) is 0 Å². The highest BCUT2D eigenvalue weighted by atomic mass is 31.2. The molecule has 0 heterocycles. The molecule has 0 amide bonds. The molecule has 0 aliphatic rings. The molecule has 0 aliphatic heterocycles. The van der Waals surface area contributed by atoms with Crippen LogP contribution in [0.2, 0.25) is 0 Å². The molecular formula is C11H22NO5P. The number of ether oxygens (including phenoxy) is 1. The summed E-state index contributed by atoms with van der Waals surface area (Å²) in [6, 6.07) is 0. The largest absolute Gasteiger partial charge is 0.460 e. The van der Waals surface area contributed by atoms with Crippen molar-refractivity contribution in [1.82, 2.24) is 5.09 Å². The van der Waals surface area contributed by atoms with Gasteiger partial charge in [-0.1, -0.05) is 6.92 Å². The van der Waals surface area contributed by atoms with Crippen molar-refractivity contribution in [2.24, 2.45) is 0 Å². The molecule has 6 nitrogen and oxygen atoms in total. The standard InChI is InChI=1S/C11H22NO5P/c1-6-7-12-18(14,15-5)17-10(4)8-11(13)16-9(2)3/h8-9H,6-7H2,1-5H3,(H,12,14). The van der Waals surface area contributed by atoms with Crippen LogP contribution in [0, 0.1) is 0 Å². The molecule has 0 radical (unpaired) electrons. The van der Waals surface area contributed by atoms with Crippen molar-refractivity contribution in [3.05, 3.63) is 11.8 Å². The van der Waals surface area contributed by atoms with Crippen LogP contribution in [-0.2, 0) is 23.1 Å². The number of nitrogens with one attached hydrogen (secondary N) is 1. The molecule has 0 spiro atoms. The van der Waals surface area contributed by atoms with Crippen molar-refractivity contribution in [2.75, 3.05) is 13.7 Å². The predicted octanol–water partition coefficient (Wildman–Crippen LogP) is 2.61. The van der Waals surface area contributed by atoms with E-state index in [-0.39, 0.29) is 11.9 Å². The van der Waals surface area contributed by atoms with Crippen molar-refractivity contribution in [1.29, 1.82) is 0 Å². The van der Waals surface area contributed by atoms with Gasteiger partial charge in [-0.05, 0) is 27.2 Å². The third kappa shape index (κ3) is 7.48. The van der Waals surface area contributed by atoms with Gasteiger partial charge in [0.05, 0.1) is 12.2 Å². The molecule has 7 heteroatoms. The highest BCUT2D eigenvalue weighted by Crippen LogP contribution is 2.44. The highest BCUT2D eigenvalue weighted by Gasteiger charge is 2.23. The van der Waals surface area contributed by atoms with E-state index in [1.54, 1.807) is 13.8 Å². The lowest BCUT2D eigenvalue weighted by atomic mass is 10.4. The van der Waals surface area contributed by atoms with E-state index in [2.05, 4.69) is 5.09 Å².